The number of carbonyl (C=O) groups excluding carboxylic acids is 2. The maximum absolute atomic E-state index is 13.1. The second kappa shape index (κ2) is 9.36. The van der Waals surface area contributed by atoms with Crippen molar-refractivity contribution in [1.82, 2.24) is 14.4 Å². The Morgan fingerprint density at radius 1 is 0.828 bits per heavy atom. The van der Waals surface area contributed by atoms with E-state index in [0.717, 1.165) is 0 Å². The number of hydrogen-bond donors (Lipinski definition) is 2. The number of hydrogen-bond acceptors (Lipinski definition) is 5. The maximum Gasteiger partial charge on any atom is 0.274 e. The van der Waals surface area contributed by atoms with Gasteiger partial charge in [0, 0.05) is 31.9 Å². The third-order valence-electron chi connectivity index (χ3n) is 4.96. The fourth-order valence-corrected chi connectivity index (χ4v) is 3.25. The van der Waals surface area contributed by atoms with Crippen LogP contribution in [0.5, 0.6) is 17.2 Å². The Hall–Kier alpha value is -3.16. The van der Waals surface area contributed by atoms with Gasteiger partial charge in [-0.25, -0.2) is 0 Å². The van der Waals surface area contributed by atoms with Crippen molar-refractivity contribution in [2.75, 3.05) is 33.3 Å². The van der Waals surface area contributed by atoms with Crippen molar-refractivity contribution in [1.29, 1.82) is 0 Å². The fourth-order valence-electron chi connectivity index (χ4n) is 3.25. The lowest BCUT2D eigenvalue weighted by molar-refractivity contribution is 0.0757. The van der Waals surface area contributed by atoms with Crippen LogP contribution < -0.4 is 4.74 Å². The van der Waals surface area contributed by atoms with Gasteiger partial charge in [0.2, 0.25) is 0 Å². The molecule has 0 aliphatic carbocycles. The monoisotopic (exact) mass is 403 g/mol. The second-order valence-electron chi connectivity index (χ2n) is 6.38. The first kappa shape index (κ1) is 22.1. The van der Waals surface area contributed by atoms with E-state index < -0.39 is 23.3 Å². The summed E-state index contributed by atoms with van der Waals surface area (Å²) in [5.74, 6) is -1.56. The van der Waals surface area contributed by atoms with Gasteiger partial charge in [-0.2, -0.15) is 0 Å². The van der Waals surface area contributed by atoms with Gasteiger partial charge in [0.15, 0.2) is 22.9 Å². The zero-order valence-corrected chi connectivity index (χ0v) is 17.6. The first-order chi connectivity index (χ1) is 13.9. The molecule has 0 atom stereocenters. The molecule has 1 heterocycles. The quantitative estimate of drug-likeness (QED) is 0.707. The molecular weight excluding hydrogens is 374 g/mol. The molecule has 0 bridgehead atoms. The number of methoxy groups -OCH3 is 1. The Labute approximate surface area is 170 Å². The van der Waals surface area contributed by atoms with E-state index in [9.17, 15) is 19.8 Å². The number of aromatic nitrogens is 1. The molecule has 2 aromatic rings. The van der Waals surface area contributed by atoms with Gasteiger partial charge < -0.3 is 24.7 Å². The molecule has 8 nitrogen and oxygen atoms in total. The molecule has 0 fully saturated rings. The Bertz CT molecular complexity index is 818. The molecule has 158 valence electrons. The topological polar surface area (TPSA) is 95.2 Å². The highest BCUT2D eigenvalue weighted by molar-refractivity contribution is 6.04. The lowest BCUT2D eigenvalue weighted by Crippen LogP contribution is -2.34. The minimum absolute atomic E-state index is 0.146. The third-order valence-corrected chi connectivity index (χ3v) is 4.96. The van der Waals surface area contributed by atoms with Gasteiger partial charge in [0.25, 0.3) is 11.8 Å². The van der Waals surface area contributed by atoms with Crippen LogP contribution in [0, 0.1) is 0 Å². The fraction of sp³-hybridized carbons (Fsp3) is 0.429. The van der Waals surface area contributed by atoms with E-state index >= 15 is 0 Å². The molecule has 2 N–H and O–H groups in total. The van der Waals surface area contributed by atoms with Crippen molar-refractivity contribution in [3.05, 3.63) is 35.7 Å². The largest absolute Gasteiger partial charge is 0.503 e. The minimum Gasteiger partial charge on any atom is -0.503 e. The summed E-state index contributed by atoms with van der Waals surface area (Å²) in [5, 5.41) is 21.3. The predicted molar refractivity (Wildman–Crippen MR) is 110 cm³/mol. The number of benzene rings is 1. The Morgan fingerprint density at radius 2 is 1.21 bits per heavy atom. The molecule has 2 rings (SSSR count). The maximum atomic E-state index is 13.1. The standard InChI is InChI=1S/C21H29N3O5/c1-6-22(7-2)20(27)16-18(25)19(26)17(21(28)23(8-3)9-4)24(16)14-10-12-15(29-5)13-11-14/h10-13,25-26H,6-9H2,1-5H3. The SMILES string of the molecule is CCN(CC)C(=O)c1c(O)c(O)c(C(=O)N(CC)CC)n1-c1ccc(OC)cc1. The van der Waals surface area contributed by atoms with Crippen molar-refractivity contribution in [2.24, 2.45) is 0 Å². The van der Waals surface area contributed by atoms with Gasteiger partial charge >= 0.3 is 0 Å². The molecular formula is C21H29N3O5. The average molecular weight is 403 g/mol. The van der Waals surface area contributed by atoms with Gasteiger partial charge in [-0.15, -0.1) is 0 Å². The van der Waals surface area contributed by atoms with Crippen molar-refractivity contribution in [3.8, 4) is 22.9 Å². The van der Waals surface area contributed by atoms with Crippen LogP contribution in [0.25, 0.3) is 5.69 Å². The van der Waals surface area contributed by atoms with Crippen molar-refractivity contribution < 1.29 is 24.5 Å². The summed E-state index contributed by atoms with van der Waals surface area (Å²) in [4.78, 5) is 29.3. The minimum atomic E-state index is -0.603. The van der Waals surface area contributed by atoms with E-state index in [-0.39, 0.29) is 11.4 Å². The number of nitrogens with zero attached hydrogens (tertiary/aromatic N) is 3. The van der Waals surface area contributed by atoms with Crippen LogP contribution in [0.3, 0.4) is 0 Å². The summed E-state index contributed by atoms with van der Waals surface area (Å²) in [5.41, 5.74) is 0.158. The normalized spacial score (nSPS) is 10.7. The summed E-state index contributed by atoms with van der Waals surface area (Å²) in [7, 11) is 1.53. The van der Waals surface area contributed by atoms with Crippen LogP contribution in [-0.2, 0) is 0 Å². The molecule has 0 saturated carbocycles. The highest BCUT2D eigenvalue weighted by Crippen LogP contribution is 2.39. The van der Waals surface area contributed by atoms with E-state index in [1.807, 2.05) is 27.7 Å². The van der Waals surface area contributed by atoms with Gasteiger partial charge in [0.1, 0.15) is 5.75 Å². The molecule has 29 heavy (non-hydrogen) atoms. The van der Waals surface area contributed by atoms with Gasteiger partial charge in [-0.3, -0.25) is 14.2 Å². The summed E-state index contributed by atoms with van der Waals surface area (Å²) < 4.78 is 6.50. The Morgan fingerprint density at radius 3 is 1.52 bits per heavy atom. The van der Waals surface area contributed by atoms with Crippen LogP contribution in [-0.4, -0.2) is 69.7 Å². The summed E-state index contributed by atoms with van der Waals surface area (Å²) in [6, 6.07) is 6.69. The van der Waals surface area contributed by atoms with E-state index in [1.165, 1.54) is 21.5 Å². The summed E-state index contributed by atoms with van der Waals surface area (Å²) in [6.45, 7) is 8.96. The molecule has 0 unspecified atom stereocenters. The number of ether oxygens (including phenoxy) is 1. The second-order valence-corrected chi connectivity index (χ2v) is 6.38. The lowest BCUT2D eigenvalue weighted by atomic mass is 10.2. The zero-order valence-electron chi connectivity index (χ0n) is 17.6. The number of rotatable bonds is 8. The third kappa shape index (κ3) is 4.01. The van der Waals surface area contributed by atoms with E-state index in [4.69, 9.17) is 4.74 Å². The van der Waals surface area contributed by atoms with Crippen molar-refractivity contribution in [3.63, 3.8) is 0 Å². The molecule has 0 saturated heterocycles. The highest BCUT2D eigenvalue weighted by atomic mass is 16.5. The Balaban J connectivity index is 2.81. The van der Waals surface area contributed by atoms with Crippen molar-refractivity contribution in [2.45, 2.75) is 27.7 Å². The number of amides is 2. The van der Waals surface area contributed by atoms with Crippen LogP contribution >= 0.6 is 0 Å². The molecule has 0 spiro atoms. The molecule has 1 aromatic heterocycles. The Kier molecular flexibility index (Phi) is 7.14. The molecule has 1 aromatic carbocycles. The molecule has 0 aliphatic heterocycles. The number of carbonyl (C=O) groups is 2. The van der Waals surface area contributed by atoms with Crippen LogP contribution in [0.2, 0.25) is 0 Å². The van der Waals surface area contributed by atoms with Crippen LogP contribution in [0.1, 0.15) is 48.7 Å². The lowest BCUT2D eigenvalue weighted by Gasteiger charge is -2.22. The molecule has 8 heteroatoms. The van der Waals surface area contributed by atoms with Gasteiger partial charge in [-0.1, -0.05) is 0 Å². The van der Waals surface area contributed by atoms with E-state index in [2.05, 4.69) is 0 Å². The first-order valence-electron chi connectivity index (χ1n) is 9.75. The average Bonchev–Trinajstić information content (AvgIpc) is 3.00. The predicted octanol–water partition coefficient (Wildman–Crippen LogP) is 2.86. The van der Waals surface area contributed by atoms with E-state index in [0.29, 0.717) is 37.6 Å². The highest BCUT2D eigenvalue weighted by Gasteiger charge is 2.34. The molecule has 0 radical (unpaired) electrons. The van der Waals surface area contributed by atoms with Crippen LogP contribution in [0.4, 0.5) is 0 Å². The van der Waals surface area contributed by atoms with Gasteiger partial charge in [-0.05, 0) is 52.0 Å². The van der Waals surface area contributed by atoms with Crippen LogP contribution in [0.15, 0.2) is 24.3 Å². The first-order valence-corrected chi connectivity index (χ1v) is 9.75. The molecule has 2 amide bonds. The zero-order chi connectivity index (χ0) is 21.7. The van der Waals surface area contributed by atoms with Gasteiger partial charge in [0.05, 0.1) is 7.11 Å². The summed E-state index contributed by atoms with van der Waals surface area (Å²) >= 11 is 0. The smallest absolute Gasteiger partial charge is 0.274 e. The number of aromatic hydroxyl groups is 2. The summed E-state index contributed by atoms with van der Waals surface area (Å²) in [6.07, 6.45) is 0. The van der Waals surface area contributed by atoms with E-state index in [1.54, 1.807) is 24.3 Å². The molecule has 0 aliphatic rings. The van der Waals surface area contributed by atoms with Crippen molar-refractivity contribution >= 4 is 11.8 Å².